The van der Waals surface area contributed by atoms with Crippen LogP contribution in [0.25, 0.3) is 16.5 Å². The minimum absolute atomic E-state index is 0.0802. The number of anilines is 1. The summed E-state index contributed by atoms with van der Waals surface area (Å²) in [6.45, 7) is 1.77. The second-order valence-corrected chi connectivity index (χ2v) is 8.28. The molecule has 10 heteroatoms. The van der Waals surface area contributed by atoms with Gasteiger partial charge in [0, 0.05) is 15.2 Å². The molecular weight excluding hydrogens is 501 g/mol. The number of fused-ring (bicyclic) bond motifs is 1. The van der Waals surface area contributed by atoms with Crippen molar-refractivity contribution in [3.05, 3.63) is 85.8 Å². The predicted octanol–water partition coefficient (Wildman–Crippen LogP) is 4.78. The average Bonchev–Trinajstić information content (AvgIpc) is 3.19. The van der Waals surface area contributed by atoms with E-state index in [-0.39, 0.29) is 33.8 Å². The van der Waals surface area contributed by atoms with Crippen molar-refractivity contribution in [3.63, 3.8) is 0 Å². The maximum Gasteiger partial charge on any atom is 0.359 e. The Morgan fingerprint density at radius 1 is 1.19 bits per heavy atom. The Bertz CT molecular complexity index is 1400. The van der Waals surface area contributed by atoms with Gasteiger partial charge in [-0.25, -0.2) is 9.18 Å². The number of ether oxygens (including phenoxy) is 1. The molecule has 0 aliphatic heterocycles. The predicted molar refractivity (Wildman–Crippen MR) is 123 cm³/mol. The number of nitrogens with one attached hydrogen (secondary N) is 1. The number of hydrogen-bond acceptors (Lipinski definition) is 6. The van der Waals surface area contributed by atoms with Crippen LogP contribution in [-0.2, 0) is 4.74 Å². The van der Waals surface area contributed by atoms with Gasteiger partial charge in [0.05, 0.1) is 23.2 Å². The normalized spacial score (nSPS) is 10.8. The number of nitrogens with zero attached hydrogens (tertiary/aromatic N) is 2. The van der Waals surface area contributed by atoms with Gasteiger partial charge < -0.3 is 10.1 Å². The number of carbonyl (C=O) groups excluding carboxylic acids is 2. The van der Waals surface area contributed by atoms with Crippen LogP contribution in [0.3, 0.4) is 0 Å². The molecule has 4 aromatic rings. The summed E-state index contributed by atoms with van der Waals surface area (Å²) in [5.74, 6) is -1.62. The summed E-state index contributed by atoms with van der Waals surface area (Å²) in [5, 5.41) is 9.12. The van der Waals surface area contributed by atoms with E-state index >= 15 is 0 Å². The van der Waals surface area contributed by atoms with Gasteiger partial charge in [-0.05, 0) is 59.3 Å². The maximum absolute atomic E-state index is 13.4. The number of halogens is 2. The molecule has 0 saturated heterocycles. The van der Waals surface area contributed by atoms with Crippen LogP contribution in [0.15, 0.2) is 63.2 Å². The molecule has 1 N–H and O–H groups in total. The molecule has 0 atom stereocenters. The summed E-state index contributed by atoms with van der Waals surface area (Å²) >= 11 is 4.43. The van der Waals surface area contributed by atoms with Crippen molar-refractivity contribution in [1.29, 1.82) is 0 Å². The second-order valence-electron chi connectivity index (χ2n) is 6.55. The summed E-state index contributed by atoms with van der Waals surface area (Å²) in [7, 11) is 0. The number of thiophene rings is 1. The van der Waals surface area contributed by atoms with Crippen LogP contribution >= 0.6 is 27.3 Å². The van der Waals surface area contributed by atoms with E-state index in [0.29, 0.717) is 10.0 Å². The molecule has 1 amide bonds. The first-order valence-electron chi connectivity index (χ1n) is 9.44. The van der Waals surface area contributed by atoms with Gasteiger partial charge in [0.15, 0.2) is 5.69 Å². The van der Waals surface area contributed by atoms with Crippen LogP contribution in [-0.4, -0.2) is 28.3 Å². The summed E-state index contributed by atoms with van der Waals surface area (Å²) in [6, 6.07) is 12.0. The van der Waals surface area contributed by atoms with E-state index in [1.807, 2.05) is 0 Å². The molecule has 0 fully saturated rings. The molecular formula is C22H15BrFN3O4S. The zero-order valence-corrected chi connectivity index (χ0v) is 19.0. The Hall–Kier alpha value is -3.37. The molecule has 4 rings (SSSR count). The van der Waals surface area contributed by atoms with E-state index < -0.39 is 23.3 Å². The van der Waals surface area contributed by atoms with Crippen LogP contribution in [0.1, 0.15) is 27.8 Å². The molecule has 0 spiro atoms. The lowest BCUT2D eigenvalue weighted by Gasteiger charge is -2.10. The first-order chi connectivity index (χ1) is 15.4. The fraction of sp³-hybridized carbons (Fsp3) is 0.0909. The van der Waals surface area contributed by atoms with E-state index in [1.54, 1.807) is 36.6 Å². The highest BCUT2D eigenvalue weighted by Gasteiger charge is 2.23. The third-order valence-corrected chi connectivity index (χ3v) is 6.12. The van der Waals surface area contributed by atoms with Crippen molar-refractivity contribution in [2.24, 2.45) is 0 Å². The second kappa shape index (κ2) is 9.01. The van der Waals surface area contributed by atoms with Gasteiger partial charge in [-0.2, -0.15) is 9.78 Å². The lowest BCUT2D eigenvalue weighted by atomic mass is 10.2. The van der Waals surface area contributed by atoms with Gasteiger partial charge >= 0.3 is 5.97 Å². The topological polar surface area (TPSA) is 90.3 Å². The maximum atomic E-state index is 13.4. The summed E-state index contributed by atoms with van der Waals surface area (Å²) in [4.78, 5) is 38.7. The molecule has 0 aliphatic carbocycles. The van der Waals surface area contributed by atoms with Crippen molar-refractivity contribution in [2.75, 3.05) is 11.9 Å². The Morgan fingerprint density at radius 2 is 1.91 bits per heavy atom. The fourth-order valence-corrected chi connectivity index (χ4v) is 4.46. The van der Waals surface area contributed by atoms with Gasteiger partial charge in [0.2, 0.25) is 0 Å². The van der Waals surface area contributed by atoms with Gasteiger partial charge in [0.1, 0.15) is 10.8 Å². The van der Waals surface area contributed by atoms with Crippen molar-refractivity contribution in [2.45, 2.75) is 6.92 Å². The molecule has 7 nitrogen and oxygen atoms in total. The van der Waals surface area contributed by atoms with Crippen LogP contribution in [0.5, 0.6) is 0 Å². The SMILES string of the molecule is CCOC(=O)c1nn(-c2ccc(F)cc2)c(=O)c2c(NC(=O)c3ccccc3Br)scc12. The van der Waals surface area contributed by atoms with E-state index in [0.717, 1.165) is 16.0 Å². The number of aromatic nitrogens is 2. The highest BCUT2D eigenvalue weighted by atomic mass is 79.9. The number of esters is 1. The smallest absolute Gasteiger partial charge is 0.359 e. The van der Waals surface area contributed by atoms with Gasteiger partial charge in [0.25, 0.3) is 11.5 Å². The van der Waals surface area contributed by atoms with Gasteiger partial charge in [-0.15, -0.1) is 11.3 Å². The molecule has 2 aromatic heterocycles. The monoisotopic (exact) mass is 515 g/mol. The highest BCUT2D eigenvalue weighted by Crippen LogP contribution is 2.31. The number of benzene rings is 2. The van der Waals surface area contributed by atoms with E-state index in [4.69, 9.17) is 4.74 Å². The number of hydrogen-bond donors (Lipinski definition) is 1. The fourth-order valence-electron chi connectivity index (χ4n) is 3.07. The average molecular weight is 516 g/mol. The standard InChI is InChI=1S/C22H15BrFN3O4S/c1-2-31-22(30)18-15-11-32-20(25-19(28)14-5-3-4-6-16(14)23)17(15)21(29)27(26-18)13-9-7-12(24)8-10-13/h3-11H,2H2,1H3,(H,25,28). The number of amides is 1. The van der Waals surface area contributed by atoms with Crippen LogP contribution in [0.4, 0.5) is 9.39 Å². The molecule has 0 radical (unpaired) electrons. The zero-order valence-electron chi connectivity index (χ0n) is 16.6. The first-order valence-corrected chi connectivity index (χ1v) is 11.1. The largest absolute Gasteiger partial charge is 0.461 e. The van der Waals surface area contributed by atoms with E-state index in [9.17, 15) is 18.8 Å². The minimum atomic E-state index is -0.713. The van der Waals surface area contributed by atoms with Crippen molar-refractivity contribution >= 4 is 54.9 Å². The van der Waals surface area contributed by atoms with Crippen LogP contribution < -0.4 is 10.9 Å². The van der Waals surface area contributed by atoms with E-state index in [1.165, 1.54) is 24.3 Å². The van der Waals surface area contributed by atoms with Crippen molar-refractivity contribution < 1.29 is 18.7 Å². The Balaban J connectivity index is 1.89. The van der Waals surface area contributed by atoms with E-state index in [2.05, 4.69) is 26.3 Å². The lowest BCUT2D eigenvalue weighted by molar-refractivity contribution is 0.0520. The highest BCUT2D eigenvalue weighted by molar-refractivity contribution is 9.10. The molecule has 0 bridgehead atoms. The summed E-state index contributed by atoms with van der Waals surface area (Å²) in [6.07, 6.45) is 0. The minimum Gasteiger partial charge on any atom is -0.461 e. The number of rotatable bonds is 5. The summed E-state index contributed by atoms with van der Waals surface area (Å²) < 4.78 is 20.1. The van der Waals surface area contributed by atoms with Crippen LogP contribution in [0.2, 0.25) is 0 Å². The molecule has 2 aromatic carbocycles. The van der Waals surface area contributed by atoms with Gasteiger partial charge in [-0.3, -0.25) is 9.59 Å². The lowest BCUT2D eigenvalue weighted by Crippen LogP contribution is -2.25. The Labute approximate surface area is 193 Å². The van der Waals surface area contributed by atoms with Crippen LogP contribution in [0, 0.1) is 5.82 Å². The zero-order chi connectivity index (χ0) is 22.8. The molecule has 0 saturated carbocycles. The third-order valence-electron chi connectivity index (χ3n) is 4.54. The third kappa shape index (κ3) is 4.06. The molecule has 162 valence electrons. The first kappa shape index (κ1) is 21.8. The Kier molecular flexibility index (Phi) is 6.15. The molecule has 32 heavy (non-hydrogen) atoms. The van der Waals surface area contributed by atoms with Gasteiger partial charge in [-0.1, -0.05) is 12.1 Å². The summed E-state index contributed by atoms with van der Waals surface area (Å²) in [5.41, 5.74) is -0.00235. The van der Waals surface area contributed by atoms with Crippen molar-refractivity contribution in [3.8, 4) is 5.69 Å². The van der Waals surface area contributed by atoms with Crippen molar-refractivity contribution in [1.82, 2.24) is 9.78 Å². The Morgan fingerprint density at radius 3 is 2.59 bits per heavy atom. The molecule has 0 unspecified atom stereocenters. The quantitative estimate of drug-likeness (QED) is 0.386. The number of carbonyl (C=O) groups is 2. The molecule has 2 heterocycles. The molecule has 0 aliphatic rings.